The number of hydrogen-bond donors (Lipinski definition) is 2. The quantitative estimate of drug-likeness (QED) is 0.473. The number of hydrogen-bond acceptors (Lipinski definition) is 6. The minimum Gasteiger partial charge on any atom is -0.383 e. The number of carbonyl (C=O) groups is 1. The number of rotatable bonds is 7. The van der Waals surface area contributed by atoms with Crippen molar-refractivity contribution in [1.29, 1.82) is 0 Å². The summed E-state index contributed by atoms with van der Waals surface area (Å²) in [4.78, 5) is 22.7. The Kier molecular flexibility index (Phi) is 7.43. The highest BCUT2D eigenvalue weighted by atomic mass is 32.2. The molecule has 2 fully saturated rings. The van der Waals surface area contributed by atoms with E-state index in [4.69, 9.17) is 10.8 Å². The van der Waals surface area contributed by atoms with Crippen LogP contribution in [0.1, 0.15) is 56.6 Å². The first kappa shape index (κ1) is 24.6. The Hall–Kier alpha value is -3.11. The SMILES string of the molecule is C=CC(=O)N1CCCC(n2nc(-c3ccc(CNS(=O)C4CCCCC4)cc3)c3c(N)ncnc32)C1. The zero-order valence-corrected chi connectivity index (χ0v) is 21.3. The number of benzene rings is 1. The van der Waals surface area contributed by atoms with Gasteiger partial charge in [0, 0.05) is 30.4 Å². The van der Waals surface area contributed by atoms with Crippen LogP contribution < -0.4 is 10.5 Å². The van der Waals surface area contributed by atoms with Crippen LogP contribution in [0.5, 0.6) is 0 Å². The lowest BCUT2D eigenvalue weighted by atomic mass is 10.0. The number of piperidine rings is 1. The molecule has 1 aliphatic heterocycles. The van der Waals surface area contributed by atoms with Crippen LogP contribution in [-0.2, 0) is 22.3 Å². The van der Waals surface area contributed by atoms with Crippen LogP contribution in [0, 0.1) is 0 Å². The first-order chi connectivity index (χ1) is 17.5. The van der Waals surface area contributed by atoms with Crippen LogP contribution in [0.25, 0.3) is 22.3 Å². The third-order valence-electron chi connectivity index (χ3n) is 7.25. The van der Waals surface area contributed by atoms with Gasteiger partial charge in [-0.25, -0.2) is 23.6 Å². The van der Waals surface area contributed by atoms with Gasteiger partial charge in [-0.15, -0.1) is 0 Å². The fraction of sp³-hybridized carbons (Fsp3) is 0.462. The van der Waals surface area contributed by atoms with Gasteiger partial charge in [0.25, 0.3) is 0 Å². The Balaban J connectivity index is 1.37. The first-order valence-corrected chi connectivity index (χ1v) is 13.9. The van der Waals surface area contributed by atoms with Gasteiger partial charge in [-0.2, -0.15) is 5.10 Å². The van der Waals surface area contributed by atoms with E-state index in [2.05, 4.69) is 21.3 Å². The fourth-order valence-corrected chi connectivity index (χ4v) is 6.57. The highest BCUT2D eigenvalue weighted by molar-refractivity contribution is 7.83. The van der Waals surface area contributed by atoms with E-state index >= 15 is 0 Å². The van der Waals surface area contributed by atoms with Gasteiger partial charge in [-0.3, -0.25) is 4.79 Å². The molecule has 3 N–H and O–H groups in total. The molecule has 0 bridgehead atoms. The number of likely N-dealkylation sites (tertiary alicyclic amines) is 1. The van der Waals surface area contributed by atoms with E-state index in [1.165, 1.54) is 31.7 Å². The predicted octanol–water partition coefficient (Wildman–Crippen LogP) is 3.51. The average Bonchev–Trinajstić information content (AvgIpc) is 3.33. The molecule has 1 aliphatic carbocycles. The average molecular weight is 508 g/mol. The minimum absolute atomic E-state index is 0.00793. The van der Waals surface area contributed by atoms with Crippen molar-refractivity contribution in [3.8, 4) is 11.3 Å². The summed E-state index contributed by atoms with van der Waals surface area (Å²) in [6.07, 6.45) is 10.3. The summed E-state index contributed by atoms with van der Waals surface area (Å²) >= 11 is 0. The predicted molar refractivity (Wildman–Crippen MR) is 142 cm³/mol. The van der Waals surface area contributed by atoms with Gasteiger partial charge in [0.05, 0.1) is 22.4 Å². The lowest BCUT2D eigenvalue weighted by Gasteiger charge is -2.32. The lowest BCUT2D eigenvalue weighted by Crippen LogP contribution is -2.40. The Morgan fingerprint density at radius 3 is 2.67 bits per heavy atom. The second-order valence-corrected chi connectivity index (χ2v) is 11.2. The third-order valence-corrected chi connectivity index (χ3v) is 8.75. The number of nitrogen functional groups attached to an aromatic ring is 1. The molecular weight excluding hydrogens is 474 g/mol. The van der Waals surface area contributed by atoms with E-state index in [1.807, 2.05) is 28.9 Å². The molecule has 1 aromatic carbocycles. The standard InChI is InChI=1S/C26H33N7O2S/c1-2-22(34)32-14-6-7-20(16-32)33-26-23(25(27)28-17-29-26)24(31-33)19-12-10-18(11-13-19)15-30-36(35)21-8-4-3-5-9-21/h2,10-13,17,20-21,30H,1,3-9,14-16H2,(H2,27,28,29). The molecule has 10 heteroatoms. The molecule has 3 aromatic rings. The summed E-state index contributed by atoms with van der Waals surface area (Å²) in [5.41, 5.74) is 9.65. The highest BCUT2D eigenvalue weighted by Crippen LogP contribution is 2.34. The summed E-state index contributed by atoms with van der Waals surface area (Å²) in [6.45, 7) is 5.44. The van der Waals surface area contributed by atoms with Crippen molar-refractivity contribution in [2.45, 2.75) is 62.8 Å². The Bertz CT molecular complexity index is 1270. The maximum atomic E-state index is 12.6. The van der Waals surface area contributed by atoms with Gasteiger partial charge in [0.1, 0.15) is 17.8 Å². The van der Waals surface area contributed by atoms with Crippen molar-refractivity contribution in [1.82, 2.24) is 29.4 Å². The van der Waals surface area contributed by atoms with Gasteiger partial charge in [0.15, 0.2) is 5.65 Å². The molecule has 0 radical (unpaired) electrons. The van der Waals surface area contributed by atoms with Crippen LogP contribution in [0.4, 0.5) is 5.82 Å². The van der Waals surface area contributed by atoms with Gasteiger partial charge < -0.3 is 10.6 Å². The number of fused-ring (bicyclic) bond motifs is 1. The van der Waals surface area contributed by atoms with E-state index in [0.29, 0.717) is 36.5 Å². The summed E-state index contributed by atoms with van der Waals surface area (Å²) in [5.74, 6) is 0.309. The molecule has 2 aromatic heterocycles. The molecule has 36 heavy (non-hydrogen) atoms. The number of aromatic nitrogens is 4. The number of nitrogens with two attached hydrogens (primary N) is 1. The lowest BCUT2D eigenvalue weighted by molar-refractivity contribution is -0.127. The number of amides is 1. The molecule has 1 saturated heterocycles. The molecular formula is C26H33N7O2S. The third kappa shape index (κ3) is 5.05. The first-order valence-electron chi connectivity index (χ1n) is 12.7. The molecule has 3 heterocycles. The molecule has 1 saturated carbocycles. The maximum Gasteiger partial charge on any atom is 0.246 e. The van der Waals surface area contributed by atoms with E-state index in [9.17, 15) is 9.00 Å². The van der Waals surface area contributed by atoms with Gasteiger partial charge in [0.2, 0.25) is 5.91 Å². The van der Waals surface area contributed by atoms with Crippen molar-refractivity contribution >= 4 is 33.7 Å². The zero-order valence-electron chi connectivity index (χ0n) is 20.4. The normalized spacial score (nSPS) is 19.9. The minimum atomic E-state index is -1.01. The van der Waals surface area contributed by atoms with Crippen LogP contribution in [0.2, 0.25) is 0 Å². The van der Waals surface area contributed by atoms with Crippen molar-refractivity contribution < 1.29 is 9.00 Å². The zero-order chi connectivity index (χ0) is 25.1. The highest BCUT2D eigenvalue weighted by Gasteiger charge is 2.28. The van der Waals surface area contributed by atoms with Crippen molar-refractivity contribution in [3.05, 3.63) is 48.8 Å². The number of anilines is 1. The van der Waals surface area contributed by atoms with Crippen molar-refractivity contribution in [2.24, 2.45) is 0 Å². The fourth-order valence-electron chi connectivity index (χ4n) is 5.27. The van der Waals surface area contributed by atoms with E-state index in [-0.39, 0.29) is 17.2 Å². The van der Waals surface area contributed by atoms with Crippen LogP contribution in [0.15, 0.2) is 43.2 Å². The van der Waals surface area contributed by atoms with E-state index in [0.717, 1.165) is 42.5 Å². The van der Waals surface area contributed by atoms with E-state index in [1.54, 1.807) is 4.90 Å². The summed E-state index contributed by atoms with van der Waals surface area (Å²) in [7, 11) is -1.01. The van der Waals surface area contributed by atoms with Crippen LogP contribution >= 0.6 is 0 Å². The molecule has 190 valence electrons. The van der Waals surface area contributed by atoms with Crippen molar-refractivity contribution in [3.63, 3.8) is 0 Å². The Labute approximate surface area is 213 Å². The van der Waals surface area contributed by atoms with Gasteiger partial charge >= 0.3 is 0 Å². The monoisotopic (exact) mass is 507 g/mol. The van der Waals surface area contributed by atoms with Crippen LogP contribution in [-0.4, -0.2) is 53.1 Å². The second-order valence-electron chi connectivity index (χ2n) is 9.61. The van der Waals surface area contributed by atoms with E-state index < -0.39 is 11.0 Å². The molecule has 9 nitrogen and oxygen atoms in total. The molecule has 2 atom stereocenters. The second kappa shape index (κ2) is 10.9. The van der Waals surface area contributed by atoms with Gasteiger partial charge in [-0.1, -0.05) is 50.1 Å². The largest absolute Gasteiger partial charge is 0.383 e. The topological polar surface area (TPSA) is 119 Å². The molecule has 0 spiro atoms. The number of nitrogens with zero attached hydrogens (tertiary/aromatic N) is 5. The summed E-state index contributed by atoms with van der Waals surface area (Å²) in [6, 6.07) is 8.06. The molecule has 2 unspecified atom stereocenters. The molecule has 2 aliphatic rings. The molecule has 1 amide bonds. The van der Waals surface area contributed by atoms with Crippen LogP contribution in [0.3, 0.4) is 0 Å². The smallest absolute Gasteiger partial charge is 0.246 e. The van der Waals surface area contributed by atoms with Gasteiger partial charge in [-0.05, 0) is 37.3 Å². The number of nitrogens with one attached hydrogen (secondary N) is 1. The summed E-state index contributed by atoms with van der Waals surface area (Å²) in [5, 5.41) is 5.91. The van der Waals surface area contributed by atoms with Crippen molar-refractivity contribution in [2.75, 3.05) is 18.8 Å². The molecule has 5 rings (SSSR count). The number of carbonyl (C=O) groups excluding carboxylic acids is 1. The summed E-state index contributed by atoms with van der Waals surface area (Å²) < 4.78 is 17.7. The maximum absolute atomic E-state index is 12.6. The Morgan fingerprint density at radius 1 is 1.14 bits per heavy atom. The Morgan fingerprint density at radius 2 is 1.92 bits per heavy atom.